The molecule has 5 nitrogen and oxygen atoms in total. The molecule has 0 radical (unpaired) electrons. The molecule has 1 saturated heterocycles. The number of benzene rings is 1. The van der Waals surface area contributed by atoms with Crippen LogP contribution in [0.15, 0.2) is 18.2 Å². The topological polar surface area (TPSA) is 59.6 Å². The predicted molar refractivity (Wildman–Crippen MR) is 75.3 cm³/mol. The van der Waals surface area contributed by atoms with Crippen molar-refractivity contribution in [3.8, 4) is 11.5 Å². The minimum atomic E-state index is -0.105. The van der Waals surface area contributed by atoms with Crippen molar-refractivity contribution in [3.05, 3.63) is 23.8 Å². The first kappa shape index (κ1) is 13.2. The van der Waals surface area contributed by atoms with E-state index in [9.17, 15) is 4.79 Å². The molecule has 2 heterocycles. The zero-order valence-corrected chi connectivity index (χ0v) is 11.6. The minimum absolute atomic E-state index is 0.0623. The average molecular weight is 276 g/mol. The van der Waals surface area contributed by atoms with Crippen LogP contribution in [-0.4, -0.2) is 38.8 Å². The van der Waals surface area contributed by atoms with Crippen molar-refractivity contribution in [2.45, 2.75) is 24.8 Å². The smallest absolute Gasteiger partial charge is 0.236 e. The Kier molecular flexibility index (Phi) is 3.78. The Balaban J connectivity index is 1.76. The summed E-state index contributed by atoms with van der Waals surface area (Å²) in [6, 6.07) is 6.02. The third-order valence-electron chi connectivity index (χ3n) is 4.00. The largest absolute Gasteiger partial charge is 0.486 e. The van der Waals surface area contributed by atoms with Crippen LogP contribution >= 0.6 is 0 Å². The van der Waals surface area contributed by atoms with Gasteiger partial charge in [-0.05, 0) is 43.0 Å². The molecule has 1 aromatic carbocycles. The van der Waals surface area contributed by atoms with E-state index in [4.69, 9.17) is 9.47 Å². The first-order valence-electron chi connectivity index (χ1n) is 7.12. The van der Waals surface area contributed by atoms with Gasteiger partial charge in [0, 0.05) is 7.05 Å². The van der Waals surface area contributed by atoms with E-state index >= 15 is 0 Å². The monoisotopic (exact) mass is 276 g/mol. The van der Waals surface area contributed by atoms with Crippen molar-refractivity contribution in [3.63, 3.8) is 0 Å². The lowest BCUT2D eigenvalue weighted by molar-refractivity contribution is -0.123. The number of amides is 1. The number of hydrogen-bond acceptors (Lipinski definition) is 4. The van der Waals surface area contributed by atoms with Gasteiger partial charge in [-0.3, -0.25) is 4.79 Å². The summed E-state index contributed by atoms with van der Waals surface area (Å²) >= 11 is 0. The molecule has 2 aliphatic rings. The molecule has 0 saturated carbocycles. The predicted octanol–water partition coefficient (Wildman–Crippen LogP) is 1.04. The highest BCUT2D eigenvalue weighted by atomic mass is 16.6. The maximum atomic E-state index is 11.8. The molecule has 20 heavy (non-hydrogen) atoms. The van der Waals surface area contributed by atoms with E-state index in [2.05, 4.69) is 22.8 Å². The lowest BCUT2D eigenvalue weighted by atomic mass is 9.86. The molecule has 2 unspecified atom stereocenters. The molecule has 0 spiro atoms. The molecule has 2 N–H and O–H groups in total. The molecular formula is C15H20N2O3. The lowest BCUT2D eigenvalue weighted by Gasteiger charge is -2.30. The van der Waals surface area contributed by atoms with Crippen molar-refractivity contribution in [1.29, 1.82) is 0 Å². The van der Waals surface area contributed by atoms with Crippen LogP contribution in [0.4, 0.5) is 0 Å². The van der Waals surface area contributed by atoms with Gasteiger partial charge in [0.25, 0.3) is 0 Å². The number of nitrogens with one attached hydrogen (secondary N) is 2. The zero-order chi connectivity index (χ0) is 13.9. The third kappa shape index (κ3) is 2.58. The number of piperidine rings is 1. The van der Waals surface area contributed by atoms with Gasteiger partial charge < -0.3 is 20.1 Å². The van der Waals surface area contributed by atoms with Crippen LogP contribution in [-0.2, 0) is 4.79 Å². The number of carbonyl (C=O) groups excluding carboxylic acids is 1. The summed E-state index contributed by atoms with van der Waals surface area (Å²) in [5, 5.41) is 5.97. The number of rotatable bonds is 2. The quantitative estimate of drug-likeness (QED) is 0.847. The van der Waals surface area contributed by atoms with Crippen LogP contribution in [0.25, 0.3) is 0 Å². The molecule has 0 aromatic heterocycles. The molecule has 2 aliphatic heterocycles. The van der Waals surface area contributed by atoms with E-state index in [0.717, 1.165) is 30.9 Å². The van der Waals surface area contributed by atoms with Crippen molar-refractivity contribution in [1.82, 2.24) is 10.6 Å². The van der Waals surface area contributed by atoms with Gasteiger partial charge in [-0.25, -0.2) is 0 Å². The van der Waals surface area contributed by atoms with E-state index in [1.807, 2.05) is 6.07 Å². The summed E-state index contributed by atoms with van der Waals surface area (Å²) in [6.45, 7) is 2.07. The van der Waals surface area contributed by atoms with Crippen LogP contribution in [0.2, 0.25) is 0 Å². The van der Waals surface area contributed by atoms with Gasteiger partial charge in [-0.2, -0.15) is 0 Å². The van der Waals surface area contributed by atoms with Crippen LogP contribution in [0.5, 0.6) is 11.5 Å². The fourth-order valence-corrected chi connectivity index (χ4v) is 2.91. The van der Waals surface area contributed by atoms with Gasteiger partial charge in [-0.1, -0.05) is 6.07 Å². The summed E-state index contributed by atoms with van der Waals surface area (Å²) in [4.78, 5) is 11.8. The number of carbonyl (C=O) groups is 1. The molecule has 108 valence electrons. The number of likely N-dealkylation sites (N-methyl/N-ethyl adjacent to an activating group) is 1. The molecule has 2 atom stereocenters. The normalized spacial score (nSPS) is 25.1. The molecule has 1 amide bonds. The number of fused-ring (bicyclic) bond motifs is 1. The standard InChI is InChI=1S/C15H20N2O3/c1-16-15(18)12-8-11(4-5-17-12)10-2-3-13-14(9-10)20-7-6-19-13/h2-3,9,11-12,17H,4-8H2,1H3,(H,16,18). The Bertz CT molecular complexity index is 504. The maximum absolute atomic E-state index is 11.8. The first-order valence-corrected chi connectivity index (χ1v) is 7.12. The molecule has 5 heteroatoms. The molecular weight excluding hydrogens is 256 g/mol. The van der Waals surface area contributed by atoms with E-state index < -0.39 is 0 Å². The summed E-state index contributed by atoms with van der Waals surface area (Å²) in [6.07, 6.45) is 1.85. The summed E-state index contributed by atoms with van der Waals surface area (Å²) < 4.78 is 11.2. The number of ether oxygens (including phenoxy) is 2. The highest BCUT2D eigenvalue weighted by Crippen LogP contribution is 2.36. The van der Waals surface area contributed by atoms with Crippen LogP contribution < -0.4 is 20.1 Å². The van der Waals surface area contributed by atoms with Gasteiger partial charge >= 0.3 is 0 Å². The van der Waals surface area contributed by atoms with Crippen LogP contribution in [0.1, 0.15) is 24.3 Å². The van der Waals surface area contributed by atoms with Gasteiger partial charge in [-0.15, -0.1) is 0 Å². The fourth-order valence-electron chi connectivity index (χ4n) is 2.91. The van der Waals surface area contributed by atoms with E-state index in [0.29, 0.717) is 19.1 Å². The average Bonchev–Trinajstić information content (AvgIpc) is 2.53. The van der Waals surface area contributed by atoms with Crippen molar-refractivity contribution in [2.75, 3.05) is 26.8 Å². The highest BCUT2D eigenvalue weighted by molar-refractivity contribution is 5.81. The minimum Gasteiger partial charge on any atom is -0.486 e. The second kappa shape index (κ2) is 5.71. The Morgan fingerprint density at radius 3 is 2.90 bits per heavy atom. The molecule has 0 bridgehead atoms. The van der Waals surface area contributed by atoms with Crippen molar-refractivity contribution in [2.24, 2.45) is 0 Å². The van der Waals surface area contributed by atoms with Gasteiger partial charge in [0.2, 0.25) is 5.91 Å². The Labute approximate surface area is 118 Å². The molecule has 1 aromatic rings. The van der Waals surface area contributed by atoms with Gasteiger partial charge in [0.15, 0.2) is 11.5 Å². The Morgan fingerprint density at radius 2 is 2.10 bits per heavy atom. The Hall–Kier alpha value is -1.75. The van der Waals surface area contributed by atoms with Crippen LogP contribution in [0.3, 0.4) is 0 Å². The highest BCUT2D eigenvalue weighted by Gasteiger charge is 2.27. The van der Waals surface area contributed by atoms with Crippen molar-refractivity contribution >= 4 is 5.91 Å². The van der Waals surface area contributed by atoms with E-state index in [-0.39, 0.29) is 11.9 Å². The number of hydrogen-bond donors (Lipinski definition) is 2. The maximum Gasteiger partial charge on any atom is 0.236 e. The summed E-state index contributed by atoms with van der Waals surface area (Å²) in [7, 11) is 1.68. The Morgan fingerprint density at radius 1 is 1.30 bits per heavy atom. The van der Waals surface area contributed by atoms with E-state index in [1.54, 1.807) is 7.05 Å². The molecule has 3 rings (SSSR count). The summed E-state index contributed by atoms with van der Waals surface area (Å²) in [5.74, 6) is 2.09. The van der Waals surface area contributed by atoms with E-state index in [1.165, 1.54) is 5.56 Å². The fraction of sp³-hybridized carbons (Fsp3) is 0.533. The molecule has 1 fully saturated rings. The van der Waals surface area contributed by atoms with Gasteiger partial charge in [0.05, 0.1) is 6.04 Å². The first-order chi connectivity index (χ1) is 9.78. The van der Waals surface area contributed by atoms with Crippen molar-refractivity contribution < 1.29 is 14.3 Å². The van der Waals surface area contributed by atoms with Crippen LogP contribution in [0, 0.1) is 0 Å². The zero-order valence-electron chi connectivity index (χ0n) is 11.6. The summed E-state index contributed by atoms with van der Waals surface area (Å²) in [5.41, 5.74) is 1.23. The molecule has 0 aliphatic carbocycles. The van der Waals surface area contributed by atoms with Gasteiger partial charge in [0.1, 0.15) is 13.2 Å². The second-order valence-electron chi connectivity index (χ2n) is 5.25. The second-order valence-corrected chi connectivity index (χ2v) is 5.25. The third-order valence-corrected chi connectivity index (χ3v) is 4.00. The lowest BCUT2D eigenvalue weighted by Crippen LogP contribution is -2.47. The SMILES string of the molecule is CNC(=O)C1CC(c2ccc3c(c2)OCCO3)CCN1.